The number of carbonyl (C=O) groups is 1. The van der Waals surface area contributed by atoms with Crippen LogP contribution in [0.5, 0.6) is 5.75 Å². The van der Waals surface area contributed by atoms with Crippen molar-refractivity contribution < 1.29 is 14.3 Å². The molecule has 1 fully saturated rings. The topological polar surface area (TPSA) is 51.7 Å². The minimum absolute atomic E-state index is 0.0475. The van der Waals surface area contributed by atoms with Crippen LogP contribution in [0.2, 0.25) is 0 Å². The van der Waals surface area contributed by atoms with Crippen LogP contribution in [0.1, 0.15) is 46.4 Å². The van der Waals surface area contributed by atoms with E-state index in [4.69, 9.17) is 9.47 Å². The highest BCUT2D eigenvalue weighted by Crippen LogP contribution is 2.48. The normalized spacial score (nSPS) is 24.0. The number of aromatic nitrogens is 1. The molecular weight excluding hydrogens is 364 g/mol. The van der Waals surface area contributed by atoms with Gasteiger partial charge >= 0.3 is 5.97 Å². The van der Waals surface area contributed by atoms with Crippen molar-refractivity contribution in [1.82, 2.24) is 9.88 Å². The summed E-state index contributed by atoms with van der Waals surface area (Å²) in [5.41, 5.74) is 3.76. The summed E-state index contributed by atoms with van der Waals surface area (Å²) in [7, 11) is 3.86. The largest absolute Gasteiger partial charge is 0.496 e. The van der Waals surface area contributed by atoms with Gasteiger partial charge in [0.1, 0.15) is 11.5 Å². The summed E-state index contributed by atoms with van der Waals surface area (Å²) < 4.78 is 11.2. The van der Waals surface area contributed by atoms with Gasteiger partial charge in [0.15, 0.2) is 0 Å². The van der Waals surface area contributed by atoms with Crippen LogP contribution in [-0.4, -0.2) is 42.6 Å². The lowest BCUT2D eigenvalue weighted by molar-refractivity contribution is 0.0592. The second kappa shape index (κ2) is 7.64. The number of esters is 1. The van der Waals surface area contributed by atoms with Crippen LogP contribution in [0.3, 0.4) is 0 Å². The monoisotopic (exact) mass is 392 g/mol. The fourth-order valence-electron chi connectivity index (χ4n) is 4.86. The molecule has 0 N–H and O–H groups in total. The van der Waals surface area contributed by atoms with Crippen molar-refractivity contribution in [1.29, 1.82) is 0 Å². The van der Waals surface area contributed by atoms with Crippen molar-refractivity contribution in [3.63, 3.8) is 0 Å². The van der Waals surface area contributed by atoms with Gasteiger partial charge in [-0.25, -0.2) is 4.79 Å². The second-order valence-electron chi connectivity index (χ2n) is 8.17. The Labute approximate surface area is 172 Å². The Morgan fingerprint density at radius 1 is 1.24 bits per heavy atom. The van der Waals surface area contributed by atoms with Gasteiger partial charge in [0, 0.05) is 24.1 Å². The molecule has 0 saturated carbocycles. The van der Waals surface area contributed by atoms with Crippen molar-refractivity contribution in [2.45, 2.75) is 44.6 Å². The number of nitrogens with zero attached hydrogens (tertiary/aromatic N) is 2. The summed E-state index contributed by atoms with van der Waals surface area (Å²) in [6.07, 6.45) is 6.64. The minimum Gasteiger partial charge on any atom is -0.496 e. The fraction of sp³-hybridized carbons (Fsp3) is 0.417. The number of likely N-dealkylation sites (N-methyl/N-ethyl adjacent to an activating group) is 1. The van der Waals surface area contributed by atoms with Crippen LogP contribution in [0.25, 0.3) is 0 Å². The molecule has 2 unspecified atom stereocenters. The van der Waals surface area contributed by atoms with Crippen molar-refractivity contribution >= 4 is 5.97 Å². The number of methoxy groups -OCH3 is 1. The molecule has 2 heterocycles. The Hall–Kier alpha value is -2.66. The third kappa shape index (κ3) is 3.44. The van der Waals surface area contributed by atoms with E-state index in [1.54, 1.807) is 25.4 Å². The number of fused-ring (bicyclic) bond motifs is 1. The lowest BCUT2D eigenvalue weighted by atomic mass is 9.68. The fourth-order valence-corrected chi connectivity index (χ4v) is 4.86. The van der Waals surface area contributed by atoms with E-state index in [-0.39, 0.29) is 17.4 Å². The zero-order valence-electron chi connectivity index (χ0n) is 17.6. The van der Waals surface area contributed by atoms with Crippen molar-refractivity contribution in [2.24, 2.45) is 0 Å². The maximum atomic E-state index is 12.6. The van der Waals surface area contributed by atoms with E-state index in [0.29, 0.717) is 11.3 Å². The van der Waals surface area contributed by atoms with Crippen LogP contribution in [0.15, 0.2) is 48.4 Å². The highest BCUT2D eigenvalue weighted by atomic mass is 16.5. The summed E-state index contributed by atoms with van der Waals surface area (Å²) in [6.45, 7) is 4.94. The van der Waals surface area contributed by atoms with E-state index < -0.39 is 0 Å². The molecule has 0 amide bonds. The van der Waals surface area contributed by atoms with Crippen LogP contribution >= 0.6 is 0 Å². The standard InChI is InChI=1S/C24H28N2O3/c1-16-14-18(7-8-21(16)28-4)24-10-9-19(15-22(24)26(3)13-11-24)29-23(27)20-6-5-12-25-17(20)2/h5-8,12,14-15,22H,9-11,13H2,1-4H3. The second-order valence-corrected chi connectivity index (χ2v) is 8.17. The number of benzene rings is 1. The molecule has 1 aromatic heterocycles. The number of pyridine rings is 1. The summed E-state index contributed by atoms with van der Waals surface area (Å²) in [6, 6.07) is 10.3. The summed E-state index contributed by atoms with van der Waals surface area (Å²) in [5, 5.41) is 0. The van der Waals surface area contributed by atoms with Crippen molar-refractivity contribution in [3.8, 4) is 5.75 Å². The molecule has 0 bridgehead atoms. The van der Waals surface area contributed by atoms with Gasteiger partial charge in [-0.15, -0.1) is 0 Å². The molecule has 5 heteroatoms. The molecule has 5 nitrogen and oxygen atoms in total. The van der Waals surface area contributed by atoms with Crippen LogP contribution in [0, 0.1) is 13.8 Å². The van der Waals surface area contributed by atoms with Gasteiger partial charge in [-0.1, -0.05) is 12.1 Å². The van der Waals surface area contributed by atoms with Gasteiger partial charge < -0.3 is 9.47 Å². The average molecular weight is 392 g/mol. The SMILES string of the molecule is COc1ccc(C23CCC(OC(=O)c4cccnc4C)=CC2N(C)CC3)cc1C. The number of aryl methyl sites for hydroxylation is 2. The third-order valence-corrected chi connectivity index (χ3v) is 6.53. The maximum Gasteiger partial charge on any atom is 0.345 e. The Bertz CT molecular complexity index is 968. The summed E-state index contributed by atoms with van der Waals surface area (Å²) >= 11 is 0. The van der Waals surface area contributed by atoms with E-state index >= 15 is 0 Å². The average Bonchev–Trinajstić information content (AvgIpc) is 3.05. The van der Waals surface area contributed by atoms with Crippen molar-refractivity contribution in [2.75, 3.05) is 20.7 Å². The van der Waals surface area contributed by atoms with E-state index in [2.05, 4.69) is 48.1 Å². The molecule has 1 saturated heterocycles. The zero-order valence-corrected chi connectivity index (χ0v) is 17.6. The molecule has 2 atom stereocenters. The van der Waals surface area contributed by atoms with Gasteiger partial charge in [0.05, 0.1) is 18.4 Å². The molecule has 0 spiro atoms. The Morgan fingerprint density at radius 2 is 2.07 bits per heavy atom. The van der Waals surface area contributed by atoms with E-state index in [9.17, 15) is 4.79 Å². The number of hydrogen-bond donors (Lipinski definition) is 0. The van der Waals surface area contributed by atoms with Gasteiger partial charge in [-0.2, -0.15) is 0 Å². The Kier molecular flexibility index (Phi) is 5.17. The number of ether oxygens (including phenoxy) is 2. The first kappa shape index (κ1) is 19.6. The first-order chi connectivity index (χ1) is 13.9. The lowest BCUT2D eigenvalue weighted by Crippen LogP contribution is -2.42. The van der Waals surface area contributed by atoms with Gasteiger partial charge in [0.2, 0.25) is 0 Å². The predicted molar refractivity (Wildman–Crippen MR) is 112 cm³/mol. The van der Waals surface area contributed by atoms with E-state index in [1.807, 2.05) is 6.92 Å². The molecule has 1 aromatic carbocycles. The molecule has 4 rings (SSSR count). The number of allylic oxidation sites excluding steroid dienone is 1. The molecule has 1 aliphatic heterocycles. The molecule has 0 radical (unpaired) electrons. The van der Waals surface area contributed by atoms with Gasteiger partial charge in [0.25, 0.3) is 0 Å². The molecule has 152 valence electrons. The van der Waals surface area contributed by atoms with Crippen LogP contribution in [-0.2, 0) is 10.2 Å². The highest BCUT2D eigenvalue weighted by Gasteiger charge is 2.48. The van der Waals surface area contributed by atoms with Gasteiger partial charge in [-0.05, 0) is 75.7 Å². The van der Waals surface area contributed by atoms with Gasteiger partial charge in [-0.3, -0.25) is 9.88 Å². The molecule has 2 aromatic rings. The molecule has 29 heavy (non-hydrogen) atoms. The smallest absolute Gasteiger partial charge is 0.345 e. The van der Waals surface area contributed by atoms with Crippen LogP contribution in [0.4, 0.5) is 0 Å². The number of hydrogen-bond acceptors (Lipinski definition) is 5. The maximum absolute atomic E-state index is 12.6. The van der Waals surface area contributed by atoms with Crippen molar-refractivity contribution in [3.05, 3.63) is 70.7 Å². The van der Waals surface area contributed by atoms with E-state index in [0.717, 1.165) is 42.9 Å². The lowest BCUT2D eigenvalue weighted by Gasteiger charge is -2.40. The Balaban J connectivity index is 1.62. The number of carbonyl (C=O) groups excluding carboxylic acids is 1. The molecule has 2 aliphatic rings. The first-order valence-electron chi connectivity index (χ1n) is 10.1. The zero-order chi connectivity index (χ0) is 20.6. The number of rotatable bonds is 4. The first-order valence-corrected chi connectivity index (χ1v) is 10.1. The predicted octanol–water partition coefficient (Wildman–Crippen LogP) is 4.18. The van der Waals surface area contributed by atoms with E-state index in [1.165, 1.54) is 5.56 Å². The number of likely N-dealkylation sites (tertiary alicyclic amines) is 1. The molecule has 1 aliphatic carbocycles. The summed E-state index contributed by atoms with van der Waals surface area (Å²) in [4.78, 5) is 19.2. The molecular formula is C24H28N2O3. The summed E-state index contributed by atoms with van der Waals surface area (Å²) in [5.74, 6) is 1.36. The Morgan fingerprint density at radius 3 is 2.79 bits per heavy atom. The quantitative estimate of drug-likeness (QED) is 0.731. The highest BCUT2D eigenvalue weighted by molar-refractivity contribution is 5.91. The minimum atomic E-state index is -0.324. The van der Waals surface area contributed by atoms with Crippen LogP contribution < -0.4 is 4.74 Å². The third-order valence-electron chi connectivity index (χ3n) is 6.53.